The maximum atomic E-state index is 14.0. The van der Waals surface area contributed by atoms with E-state index in [1.807, 2.05) is 22.7 Å². The Balaban J connectivity index is 1.62. The minimum atomic E-state index is -0.315. The van der Waals surface area contributed by atoms with Crippen LogP contribution in [0.1, 0.15) is 10.4 Å². The van der Waals surface area contributed by atoms with Crippen molar-refractivity contribution in [2.45, 2.75) is 6.54 Å². The first-order chi connectivity index (χ1) is 10.3. The summed E-state index contributed by atoms with van der Waals surface area (Å²) in [6, 6.07) is 6.63. The van der Waals surface area contributed by atoms with E-state index in [1.165, 1.54) is 10.9 Å². The quantitative estimate of drug-likeness (QED) is 0.873. The number of nitrogens with zero attached hydrogens (tertiary/aromatic N) is 4. The maximum absolute atomic E-state index is 14.0. The summed E-state index contributed by atoms with van der Waals surface area (Å²) in [6.45, 7) is 4.30. The number of benzene rings is 1. The minimum Gasteiger partial charge on any atom is -0.367 e. The molecule has 0 atom stereocenters. The van der Waals surface area contributed by atoms with Gasteiger partial charge >= 0.3 is 0 Å². The van der Waals surface area contributed by atoms with Crippen molar-refractivity contribution in [1.29, 1.82) is 5.26 Å². The number of hydrogen-bond donors (Lipinski definition) is 0. The third kappa shape index (κ3) is 3.20. The Morgan fingerprint density at radius 3 is 2.71 bits per heavy atom. The monoisotopic (exact) mass is 302 g/mol. The summed E-state index contributed by atoms with van der Waals surface area (Å²) in [7, 11) is 0. The van der Waals surface area contributed by atoms with E-state index in [4.69, 9.17) is 5.26 Å². The molecule has 0 spiro atoms. The van der Waals surface area contributed by atoms with Crippen molar-refractivity contribution in [3.63, 3.8) is 0 Å². The lowest BCUT2D eigenvalue weighted by molar-refractivity contribution is 0.251. The van der Waals surface area contributed by atoms with Crippen LogP contribution < -0.4 is 4.90 Å². The second-order valence-corrected chi connectivity index (χ2v) is 5.98. The molecule has 2 heterocycles. The van der Waals surface area contributed by atoms with Gasteiger partial charge in [-0.3, -0.25) is 9.88 Å². The van der Waals surface area contributed by atoms with Crippen molar-refractivity contribution in [3.05, 3.63) is 46.2 Å². The fourth-order valence-corrected chi connectivity index (χ4v) is 3.16. The standard InChI is InChI=1S/C15H15FN4S/c16-14-7-12(8-17)1-2-15(14)20-5-3-19(4-6-20)10-13-9-18-11-21-13/h1-2,7,9,11H,3-6,10H2. The van der Waals surface area contributed by atoms with Crippen LogP contribution in [0, 0.1) is 17.1 Å². The van der Waals surface area contributed by atoms with Crippen molar-refractivity contribution in [1.82, 2.24) is 9.88 Å². The molecule has 21 heavy (non-hydrogen) atoms. The van der Waals surface area contributed by atoms with Crippen LogP contribution in [0.15, 0.2) is 29.9 Å². The highest BCUT2D eigenvalue weighted by Crippen LogP contribution is 2.22. The second kappa shape index (κ2) is 6.20. The van der Waals surface area contributed by atoms with Crippen LogP contribution in [0.5, 0.6) is 0 Å². The topological polar surface area (TPSA) is 43.2 Å². The van der Waals surface area contributed by atoms with E-state index >= 15 is 0 Å². The number of hydrogen-bond acceptors (Lipinski definition) is 5. The fraction of sp³-hybridized carbons (Fsp3) is 0.333. The van der Waals surface area contributed by atoms with Gasteiger partial charge in [-0.05, 0) is 18.2 Å². The van der Waals surface area contributed by atoms with Crippen molar-refractivity contribution in [2.24, 2.45) is 0 Å². The van der Waals surface area contributed by atoms with Crippen LogP contribution in [0.3, 0.4) is 0 Å². The van der Waals surface area contributed by atoms with Gasteiger partial charge in [0.2, 0.25) is 0 Å². The molecule has 1 fully saturated rings. The predicted molar refractivity (Wildman–Crippen MR) is 80.7 cm³/mol. The van der Waals surface area contributed by atoms with Gasteiger partial charge in [-0.1, -0.05) is 0 Å². The van der Waals surface area contributed by atoms with E-state index < -0.39 is 0 Å². The third-order valence-electron chi connectivity index (χ3n) is 3.65. The van der Waals surface area contributed by atoms with Gasteiger partial charge in [-0.15, -0.1) is 11.3 Å². The van der Waals surface area contributed by atoms with E-state index in [0.717, 1.165) is 32.7 Å². The van der Waals surface area contributed by atoms with Crippen LogP contribution >= 0.6 is 11.3 Å². The van der Waals surface area contributed by atoms with Crippen LogP contribution in [0.25, 0.3) is 0 Å². The molecular formula is C15H15FN4S. The van der Waals surface area contributed by atoms with Gasteiger partial charge < -0.3 is 4.90 Å². The number of halogens is 1. The second-order valence-electron chi connectivity index (χ2n) is 5.01. The number of anilines is 1. The first kappa shape index (κ1) is 14.0. The Kier molecular flexibility index (Phi) is 4.13. The third-order valence-corrected chi connectivity index (χ3v) is 4.42. The van der Waals surface area contributed by atoms with Crippen molar-refractivity contribution >= 4 is 17.0 Å². The molecule has 108 valence electrons. The van der Waals surface area contributed by atoms with Crippen LogP contribution in [-0.2, 0) is 6.54 Å². The van der Waals surface area contributed by atoms with Gasteiger partial charge in [-0.25, -0.2) is 4.39 Å². The molecule has 3 rings (SSSR count). The summed E-state index contributed by atoms with van der Waals surface area (Å²) < 4.78 is 14.0. The predicted octanol–water partition coefficient (Wildman–Crippen LogP) is 2.48. The molecule has 0 radical (unpaired) electrons. The molecule has 1 aromatic carbocycles. The molecule has 0 aliphatic carbocycles. The smallest absolute Gasteiger partial charge is 0.147 e. The van der Waals surface area contributed by atoms with Crippen LogP contribution in [-0.4, -0.2) is 36.1 Å². The summed E-state index contributed by atoms with van der Waals surface area (Å²) >= 11 is 1.66. The minimum absolute atomic E-state index is 0.315. The van der Waals surface area contributed by atoms with E-state index in [1.54, 1.807) is 23.5 Å². The Morgan fingerprint density at radius 2 is 2.10 bits per heavy atom. The van der Waals surface area contributed by atoms with Crippen LogP contribution in [0.4, 0.5) is 10.1 Å². The van der Waals surface area contributed by atoms with Gasteiger partial charge in [0.1, 0.15) is 5.82 Å². The number of thiazole rings is 1. The number of piperazine rings is 1. The molecule has 1 saturated heterocycles. The molecular weight excluding hydrogens is 287 g/mol. The first-order valence-corrected chi connectivity index (χ1v) is 7.68. The highest BCUT2D eigenvalue weighted by atomic mass is 32.1. The normalized spacial score (nSPS) is 15.9. The van der Waals surface area contributed by atoms with Gasteiger partial charge in [0, 0.05) is 43.8 Å². The molecule has 2 aromatic rings. The fourth-order valence-electron chi connectivity index (χ4n) is 2.52. The molecule has 4 nitrogen and oxygen atoms in total. The summed E-state index contributed by atoms with van der Waals surface area (Å²) in [4.78, 5) is 9.74. The lowest BCUT2D eigenvalue weighted by atomic mass is 10.2. The highest BCUT2D eigenvalue weighted by Gasteiger charge is 2.20. The average molecular weight is 302 g/mol. The van der Waals surface area contributed by atoms with Gasteiger partial charge in [0.25, 0.3) is 0 Å². The Bertz CT molecular complexity index is 642. The first-order valence-electron chi connectivity index (χ1n) is 6.80. The molecule has 1 aliphatic heterocycles. The Hall–Kier alpha value is -1.97. The van der Waals surface area contributed by atoms with E-state index in [0.29, 0.717) is 11.3 Å². The molecule has 0 amide bonds. The summed E-state index contributed by atoms with van der Waals surface area (Å²) in [5, 5.41) is 8.78. The van der Waals surface area contributed by atoms with Crippen molar-refractivity contribution < 1.29 is 4.39 Å². The largest absolute Gasteiger partial charge is 0.367 e. The average Bonchev–Trinajstić information content (AvgIpc) is 3.01. The molecule has 0 bridgehead atoms. The maximum Gasteiger partial charge on any atom is 0.147 e. The van der Waals surface area contributed by atoms with Gasteiger partial charge in [0.15, 0.2) is 0 Å². The lowest BCUT2D eigenvalue weighted by Gasteiger charge is -2.36. The zero-order chi connectivity index (χ0) is 14.7. The molecule has 0 unspecified atom stereocenters. The van der Waals surface area contributed by atoms with Gasteiger partial charge in [-0.2, -0.15) is 5.26 Å². The Morgan fingerprint density at radius 1 is 1.29 bits per heavy atom. The van der Waals surface area contributed by atoms with E-state index in [2.05, 4.69) is 9.88 Å². The lowest BCUT2D eigenvalue weighted by Crippen LogP contribution is -2.46. The molecule has 1 aliphatic rings. The molecule has 6 heteroatoms. The number of aromatic nitrogens is 1. The Labute approximate surface area is 127 Å². The summed E-state index contributed by atoms with van der Waals surface area (Å²) in [5.41, 5.74) is 2.80. The zero-order valence-corrected chi connectivity index (χ0v) is 12.3. The van der Waals surface area contributed by atoms with Gasteiger partial charge in [0.05, 0.1) is 22.8 Å². The van der Waals surface area contributed by atoms with Crippen molar-refractivity contribution in [3.8, 4) is 6.07 Å². The summed E-state index contributed by atoms with van der Waals surface area (Å²) in [5.74, 6) is -0.315. The number of nitriles is 1. The molecule has 0 N–H and O–H groups in total. The van der Waals surface area contributed by atoms with E-state index in [-0.39, 0.29) is 5.82 Å². The van der Waals surface area contributed by atoms with Crippen LogP contribution in [0.2, 0.25) is 0 Å². The SMILES string of the molecule is N#Cc1ccc(N2CCN(Cc3cncs3)CC2)c(F)c1. The molecule has 1 aromatic heterocycles. The van der Waals surface area contributed by atoms with E-state index in [9.17, 15) is 4.39 Å². The molecule has 0 saturated carbocycles. The van der Waals surface area contributed by atoms with Crippen molar-refractivity contribution in [2.75, 3.05) is 31.1 Å². The number of rotatable bonds is 3. The zero-order valence-electron chi connectivity index (χ0n) is 11.5. The highest BCUT2D eigenvalue weighted by molar-refractivity contribution is 7.09. The summed E-state index contributed by atoms with van der Waals surface area (Å²) in [6.07, 6.45) is 1.90.